The minimum absolute atomic E-state index is 0.212. The van der Waals surface area contributed by atoms with Crippen molar-refractivity contribution in [3.63, 3.8) is 0 Å². The number of aryl methyl sites for hydroxylation is 1. The molecule has 4 nitrogen and oxygen atoms in total. The molecular weight excluding hydrogens is 220 g/mol. The summed E-state index contributed by atoms with van der Waals surface area (Å²) in [5.41, 5.74) is 1.08. The number of ether oxygens (including phenoxy) is 1. The predicted molar refractivity (Wildman–Crippen MR) is 64.4 cm³/mol. The summed E-state index contributed by atoms with van der Waals surface area (Å²) in [4.78, 5) is 19.9. The van der Waals surface area contributed by atoms with E-state index in [1.807, 2.05) is 30.3 Å². The molecule has 17 heavy (non-hydrogen) atoms. The van der Waals surface area contributed by atoms with Crippen LogP contribution in [0.25, 0.3) is 0 Å². The molecule has 0 radical (unpaired) electrons. The largest absolute Gasteiger partial charge is 0.481 e. The van der Waals surface area contributed by atoms with Crippen molar-refractivity contribution < 1.29 is 19.4 Å². The van der Waals surface area contributed by atoms with Crippen LogP contribution in [-0.4, -0.2) is 17.0 Å². The number of carboxylic acids is 1. The average Bonchev–Trinajstić information content (AvgIpc) is 2.28. The van der Waals surface area contributed by atoms with Gasteiger partial charge in [-0.25, -0.2) is 0 Å². The lowest BCUT2D eigenvalue weighted by Crippen LogP contribution is -1.96. The lowest BCUT2D eigenvalue weighted by molar-refractivity contribution is -0.137. The Kier molecular flexibility index (Phi) is 8.02. The number of carbonyl (C=O) groups excluding carboxylic acids is 1. The second-order valence-electron chi connectivity index (χ2n) is 3.16. The van der Waals surface area contributed by atoms with Crippen molar-refractivity contribution in [3.8, 4) is 0 Å². The molecule has 0 spiro atoms. The van der Waals surface area contributed by atoms with Gasteiger partial charge >= 0.3 is 11.9 Å². The fourth-order valence-corrected chi connectivity index (χ4v) is 1.01. The maximum atomic E-state index is 10.2. The van der Waals surface area contributed by atoms with Crippen LogP contribution in [0.2, 0.25) is 0 Å². The summed E-state index contributed by atoms with van der Waals surface area (Å²) in [7, 11) is 0. The van der Waals surface area contributed by atoms with E-state index in [-0.39, 0.29) is 12.4 Å². The molecule has 0 bridgehead atoms. The van der Waals surface area contributed by atoms with E-state index >= 15 is 0 Å². The lowest BCUT2D eigenvalue weighted by atomic mass is 10.1. The van der Waals surface area contributed by atoms with Crippen molar-refractivity contribution >= 4 is 11.9 Å². The molecule has 0 aliphatic carbocycles. The Morgan fingerprint density at radius 3 is 2.29 bits per heavy atom. The molecule has 92 valence electrons. The zero-order valence-corrected chi connectivity index (χ0v) is 9.76. The molecule has 0 unspecified atom stereocenters. The van der Waals surface area contributed by atoms with Crippen LogP contribution in [0.1, 0.15) is 18.9 Å². The first-order valence-electron chi connectivity index (χ1n) is 5.10. The Labute approximate surface area is 101 Å². The maximum absolute atomic E-state index is 10.2. The summed E-state index contributed by atoms with van der Waals surface area (Å²) in [5.74, 6) is -1.07. The predicted octanol–water partition coefficient (Wildman–Crippen LogP) is 2.40. The number of benzene rings is 1. The molecule has 0 fully saturated rings. The minimum atomic E-state index is -0.742. The van der Waals surface area contributed by atoms with Gasteiger partial charge in [-0.05, 0) is 12.0 Å². The van der Waals surface area contributed by atoms with Crippen LogP contribution >= 0.6 is 0 Å². The average molecular weight is 236 g/mol. The zero-order chi connectivity index (χ0) is 13.1. The highest BCUT2D eigenvalue weighted by Gasteiger charge is 1.96. The molecule has 0 heterocycles. The van der Waals surface area contributed by atoms with Crippen LogP contribution in [0.4, 0.5) is 0 Å². The third-order valence-corrected chi connectivity index (χ3v) is 1.72. The van der Waals surface area contributed by atoms with Gasteiger partial charge in [-0.1, -0.05) is 36.9 Å². The Bertz CT molecular complexity index is 357. The van der Waals surface area contributed by atoms with E-state index in [2.05, 4.69) is 11.3 Å². The van der Waals surface area contributed by atoms with Crippen molar-refractivity contribution in [2.75, 3.05) is 0 Å². The van der Waals surface area contributed by atoms with Crippen molar-refractivity contribution in [3.05, 3.63) is 48.7 Å². The minimum Gasteiger partial charge on any atom is -0.481 e. The number of aliphatic carboxylic acids is 1. The summed E-state index contributed by atoms with van der Waals surface area (Å²) < 4.78 is 4.17. The van der Waals surface area contributed by atoms with Gasteiger partial charge in [0.1, 0.15) is 0 Å². The normalized spacial score (nSPS) is 8.53. The zero-order valence-electron chi connectivity index (χ0n) is 9.76. The first-order chi connectivity index (χ1) is 8.06. The SMILES string of the molecule is C=COC(C)=O.O=C(O)CCc1ccccc1. The number of hydrogen-bond acceptors (Lipinski definition) is 3. The van der Waals surface area contributed by atoms with Crippen molar-refractivity contribution in [1.29, 1.82) is 0 Å². The van der Waals surface area contributed by atoms with Crippen LogP contribution in [0, 0.1) is 0 Å². The topological polar surface area (TPSA) is 63.6 Å². The smallest absolute Gasteiger partial charge is 0.307 e. The Hall–Kier alpha value is -2.10. The van der Waals surface area contributed by atoms with Crippen LogP contribution < -0.4 is 0 Å². The molecule has 0 saturated carbocycles. The Balaban J connectivity index is 0.000000366. The van der Waals surface area contributed by atoms with E-state index in [1.165, 1.54) is 6.92 Å². The molecular formula is C13H16O4. The summed E-state index contributed by atoms with van der Waals surface area (Å²) >= 11 is 0. The van der Waals surface area contributed by atoms with E-state index in [0.29, 0.717) is 6.42 Å². The number of carboxylic acid groups (broad SMARTS) is 1. The molecule has 1 N–H and O–H groups in total. The van der Waals surface area contributed by atoms with Crippen molar-refractivity contribution in [1.82, 2.24) is 0 Å². The van der Waals surface area contributed by atoms with Crippen LogP contribution in [0.5, 0.6) is 0 Å². The summed E-state index contributed by atoms with van der Waals surface area (Å²) in [6.07, 6.45) is 1.93. The van der Waals surface area contributed by atoms with Gasteiger partial charge in [0.05, 0.1) is 6.26 Å². The number of esters is 1. The molecule has 1 aromatic carbocycles. The summed E-state index contributed by atoms with van der Waals surface area (Å²) in [6.45, 7) is 4.48. The number of carbonyl (C=O) groups is 2. The second-order valence-corrected chi connectivity index (χ2v) is 3.16. The fourth-order valence-electron chi connectivity index (χ4n) is 1.01. The highest BCUT2D eigenvalue weighted by atomic mass is 16.5. The lowest BCUT2D eigenvalue weighted by Gasteiger charge is -1.95. The molecule has 4 heteroatoms. The molecule has 0 aliphatic heterocycles. The van der Waals surface area contributed by atoms with E-state index < -0.39 is 5.97 Å². The first-order valence-corrected chi connectivity index (χ1v) is 5.10. The standard InChI is InChI=1S/C9H10O2.C4H6O2/c10-9(11)7-6-8-4-2-1-3-5-8;1-3-6-4(2)5/h1-5H,6-7H2,(H,10,11);3H,1H2,2H3. The Morgan fingerprint density at radius 2 is 1.94 bits per heavy atom. The first kappa shape index (κ1) is 14.9. The molecule has 1 aromatic rings. The summed E-state index contributed by atoms with van der Waals surface area (Å²) in [5, 5.41) is 8.37. The fraction of sp³-hybridized carbons (Fsp3) is 0.231. The van der Waals surface area contributed by atoms with E-state index in [4.69, 9.17) is 5.11 Å². The third kappa shape index (κ3) is 10.2. The molecule has 0 atom stereocenters. The number of rotatable bonds is 4. The van der Waals surface area contributed by atoms with Crippen LogP contribution in [-0.2, 0) is 20.7 Å². The number of hydrogen-bond donors (Lipinski definition) is 1. The van der Waals surface area contributed by atoms with Crippen molar-refractivity contribution in [2.24, 2.45) is 0 Å². The molecule has 0 saturated heterocycles. The van der Waals surface area contributed by atoms with Crippen molar-refractivity contribution in [2.45, 2.75) is 19.8 Å². The highest BCUT2D eigenvalue weighted by molar-refractivity contribution is 5.67. The van der Waals surface area contributed by atoms with E-state index in [0.717, 1.165) is 11.8 Å². The maximum Gasteiger partial charge on any atom is 0.307 e. The summed E-state index contributed by atoms with van der Waals surface area (Å²) in [6, 6.07) is 9.62. The third-order valence-electron chi connectivity index (χ3n) is 1.72. The van der Waals surface area contributed by atoms with Gasteiger partial charge in [0.15, 0.2) is 0 Å². The van der Waals surface area contributed by atoms with Gasteiger partial charge in [0.25, 0.3) is 0 Å². The molecule has 1 rings (SSSR count). The van der Waals surface area contributed by atoms with Gasteiger partial charge < -0.3 is 9.84 Å². The highest BCUT2D eigenvalue weighted by Crippen LogP contribution is 2.01. The van der Waals surface area contributed by atoms with Gasteiger partial charge in [0.2, 0.25) is 0 Å². The van der Waals surface area contributed by atoms with Gasteiger partial charge in [0, 0.05) is 13.3 Å². The second kappa shape index (κ2) is 9.15. The van der Waals surface area contributed by atoms with Crippen LogP contribution in [0.3, 0.4) is 0 Å². The Morgan fingerprint density at radius 1 is 1.35 bits per heavy atom. The molecule has 0 amide bonds. The van der Waals surface area contributed by atoms with Gasteiger partial charge in [-0.3, -0.25) is 9.59 Å². The van der Waals surface area contributed by atoms with Crippen LogP contribution in [0.15, 0.2) is 43.2 Å². The molecule has 0 aliphatic rings. The van der Waals surface area contributed by atoms with Gasteiger partial charge in [-0.2, -0.15) is 0 Å². The van der Waals surface area contributed by atoms with E-state index in [1.54, 1.807) is 0 Å². The monoisotopic (exact) mass is 236 g/mol. The van der Waals surface area contributed by atoms with E-state index in [9.17, 15) is 9.59 Å². The quantitative estimate of drug-likeness (QED) is 0.644. The van der Waals surface area contributed by atoms with Gasteiger partial charge in [-0.15, -0.1) is 0 Å². The molecule has 0 aromatic heterocycles.